The van der Waals surface area contributed by atoms with Crippen molar-refractivity contribution in [2.75, 3.05) is 25.5 Å². The first-order valence-corrected chi connectivity index (χ1v) is 10.9. The minimum absolute atomic E-state index is 0.0234. The summed E-state index contributed by atoms with van der Waals surface area (Å²) in [5.41, 5.74) is 5.48. The van der Waals surface area contributed by atoms with E-state index in [1.807, 2.05) is 56.7 Å². The molecule has 4 nitrogen and oxygen atoms in total. The molecule has 0 aliphatic rings. The molecule has 1 aromatic heterocycles. The molecule has 1 heterocycles. The Morgan fingerprint density at radius 1 is 1.03 bits per heavy atom. The Balaban J connectivity index is 1.56. The van der Waals surface area contributed by atoms with Gasteiger partial charge >= 0.3 is 0 Å². The summed E-state index contributed by atoms with van der Waals surface area (Å²) in [5, 5.41) is 4.92. The fourth-order valence-electron chi connectivity index (χ4n) is 3.80. The van der Waals surface area contributed by atoms with Gasteiger partial charge in [-0.25, -0.2) is 0 Å². The molecule has 0 saturated carbocycles. The average molecular weight is 444 g/mol. The average Bonchev–Trinajstić information content (AvgIpc) is 3.23. The van der Waals surface area contributed by atoms with Crippen LogP contribution in [-0.2, 0) is 4.79 Å². The molecule has 0 spiro atoms. The number of hydrogen-bond donors (Lipinski definition) is 2. The number of nitrogens with zero attached hydrogens (tertiary/aromatic N) is 1. The van der Waals surface area contributed by atoms with Crippen molar-refractivity contribution in [2.45, 2.75) is 5.92 Å². The third-order valence-corrected chi connectivity index (χ3v) is 5.84. The molecule has 0 unspecified atom stereocenters. The third-order valence-electron chi connectivity index (χ3n) is 5.59. The SMILES string of the molecule is CN(C)c1ccc([C@H](CNC(=O)/C=C/c2ccc(Cl)cc2)c2c[nH]c3ccccc23)cc1. The van der Waals surface area contributed by atoms with Crippen LogP contribution in [0.25, 0.3) is 17.0 Å². The minimum atomic E-state index is -0.130. The number of carbonyl (C=O) groups excluding carboxylic acids is 1. The molecule has 0 saturated heterocycles. The van der Waals surface area contributed by atoms with Crippen molar-refractivity contribution in [2.24, 2.45) is 0 Å². The number of carbonyl (C=O) groups is 1. The molecule has 0 radical (unpaired) electrons. The van der Waals surface area contributed by atoms with Crippen molar-refractivity contribution < 1.29 is 4.79 Å². The highest BCUT2D eigenvalue weighted by Gasteiger charge is 2.19. The van der Waals surface area contributed by atoms with Gasteiger partial charge in [0, 0.05) is 60.4 Å². The Kier molecular flexibility index (Phi) is 6.62. The Bertz CT molecular complexity index is 1220. The number of H-pyrrole nitrogens is 1. The summed E-state index contributed by atoms with van der Waals surface area (Å²) >= 11 is 5.93. The second-order valence-electron chi connectivity index (χ2n) is 7.96. The molecule has 1 atom stereocenters. The fraction of sp³-hybridized carbons (Fsp3) is 0.148. The Morgan fingerprint density at radius 3 is 2.47 bits per heavy atom. The van der Waals surface area contributed by atoms with Crippen molar-refractivity contribution in [3.05, 3.63) is 107 Å². The van der Waals surface area contributed by atoms with Crippen LogP contribution in [0.4, 0.5) is 5.69 Å². The number of hydrogen-bond acceptors (Lipinski definition) is 2. The summed E-state index contributed by atoms with van der Waals surface area (Å²) in [6.45, 7) is 0.493. The van der Waals surface area contributed by atoms with Gasteiger partial charge in [-0.05, 0) is 53.1 Å². The molecule has 1 amide bonds. The van der Waals surface area contributed by atoms with Gasteiger partial charge in [0.15, 0.2) is 0 Å². The molecule has 0 bridgehead atoms. The Labute approximate surface area is 193 Å². The van der Waals surface area contributed by atoms with Crippen LogP contribution in [0.1, 0.15) is 22.6 Å². The lowest BCUT2D eigenvalue weighted by Crippen LogP contribution is -2.27. The first kappa shape index (κ1) is 21.7. The monoisotopic (exact) mass is 443 g/mol. The first-order valence-electron chi connectivity index (χ1n) is 10.6. The lowest BCUT2D eigenvalue weighted by Gasteiger charge is -2.19. The van der Waals surface area contributed by atoms with Crippen LogP contribution < -0.4 is 10.2 Å². The van der Waals surface area contributed by atoms with Crippen molar-refractivity contribution in [1.82, 2.24) is 10.3 Å². The van der Waals surface area contributed by atoms with E-state index in [-0.39, 0.29) is 11.8 Å². The van der Waals surface area contributed by atoms with Crippen LogP contribution in [0.3, 0.4) is 0 Å². The van der Waals surface area contributed by atoms with Gasteiger partial charge in [-0.15, -0.1) is 0 Å². The number of aromatic nitrogens is 1. The number of anilines is 1. The zero-order chi connectivity index (χ0) is 22.5. The Hall–Kier alpha value is -3.50. The molecule has 32 heavy (non-hydrogen) atoms. The number of aromatic amines is 1. The lowest BCUT2D eigenvalue weighted by molar-refractivity contribution is -0.116. The molecule has 162 valence electrons. The molecular weight excluding hydrogens is 418 g/mol. The molecule has 0 aliphatic heterocycles. The van der Waals surface area contributed by atoms with Gasteiger partial charge in [-0.1, -0.05) is 54.1 Å². The predicted octanol–water partition coefficient (Wildman–Crippen LogP) is 5.85. The van der Waals surface area contributed by atoms with E-state index in [4.69, 9.17) is 11.6 Å². The van der Waals surface area contributed by atoms with Gasteiger partial charge in [-0.3, -0.25) is 4.79 Å². The molecule has 3 aromatic carbocycles. The fourth-order valence-corrected chi connectivity index (χ4v) is 3.93. The van der Waals surface area contributed by atoms with E-state index >= 15 is 0 Å². The molecule has 0 aliphatic carbocycles. The van der Waals surface area contributed by atoms with Crippen molar-refractivity contribution in [3.63, 3.8) is 0 Å². The number of rotatable bonds is 7. The highest BCUT2D eigenvalue weighted by Crippen LogP contribution is 2.31. The lowest BCUT2D eigenvalue weighted by atomic mass is 9.90. The van der Waals surface area contributed by atoms with Crippen LogP contribution >= 0.6 is 11.6 Å². The van der Waals surface area contributed by atoms with E-state index in [0.717, 1.165) is 22.3 Å². The first-order chi connectivity index (χ1) is 15.5. The van der Waals surface area contributed by atoms with Gasteiger partial charge in [0.2, 0.25) is 5.91 Å². The number of benzene rings is 3. The summed E-state index contributed by atoms with van der Waals surface area (Å²) in [6, 6.07) is 24.1. The normalized spacial score (nSPS) is 12.2. The molecule has 4 rings (SSSR count). The highest BCUT2D eigenvalue weighted by atomic mass is 35.5. The maximum absolute atomic E-state index is 12.6. The number of fused-ring (bicyclic) bond motifs is 1. The zero-order valence-electron chi connectivity index (χ0n) is 18.2. The number of nitrogens with one attached hydrogen (secondary N) is 2. The van der Waals surface area contributed by atoms with Crippen LogP contribution in [0.2, 0.25) is 5.02 Å². The summed E-state index contributed by atoms with van der Waals surface area (Å²) in [6.07, 6.45) is 5.40. The van der Waals surface area contributed by atoms with E-state index in [1.165, 1.54) is 10.9 Å². The second kappa shape index (κ2) is 9.75. The predicted molar refractivity (Wildman–Crippen MR) is 134 cm³/mol. The quantitative estimate of drug-likeness (QED) is 0.352. The highest BCUT2D eigenvalue weighted by molar-refractivity contribution is 6.30. The standard InChI is InChI=1S/C27H26ClN3O/c1-31(2)22-14-10-20(11-15-22)24(25-18-29-26-6-4-3-5-23(25)26)17-30-27(32)16-9-19-7-12-21(28)13-8-19/h3-16,18,24,29H,17H2,1-2H3,(H,30,32)/b16-9+/t24-/m0/s1. The Morgan fingerprint density at radius 2 is 1.75 bits per heavy atom. The molecule has 2 N–H and O–H groups in total. The maximum atomic E-state index is 12.6. The molecule has 5 heteroatoms. The number of halogens is 1. The van der Waals surface area contributed by atoms with Crippen LogP contribution in [0, 0.1) is 0 Å². The minimum Gasteiger partial charge on any atom is -0.378 e. The van der Waals surface area contributed by atoms with E-state index < -0.39 is 0 Å². The molecule has 0 fully saturated rings. The van der Waals surface area contributed by atoms with Gasteiger partial charge in [-0.2, -0.15) is 0 Å². The maximum Gasteiger partial charge on any atom is 0.244 e. The number of amides is 1. The van der Waals surface area contributed by atoms with Gasteiger partial charge < -0.3 is 15.2 Å². The summed E-state index contributed by atoms with van der Waals surface area (Å²) < 4.78 is 0. The van der Waals surface area contributed by atoms with Crippen molar-refractivity contribution >= 4 is 40.2 Å². The smallest absolute Gasteiger partial charge is 0.244 e. The van der Waals surface area contributed by atoms with E-state index in [1.54, 1.807) is 12.2 Å². The van der Waals surface area contributed by atoms with E-state index in [9.17, 15) is 4.79 Å². The summed E-state index contributed by atoms with van der Waals surface area (Å²) in [7, 11) is 4.05. The largest absolute Gasteiger partial charge is 0.378 e. The number of para-hydroxylation sites is 1. The van der Waals surface area contributed by atoms with E-state index in [2.05, 4.69) is 51.6 Å². The van der Waals surface area contributed by atoms with E-state index in [0.29, 0.717) is 11.6 Å². The second-order valence-corrected chi connectivity index (χ2v) is 8.39. The molecular formula is C27H26ClN3O. The van der Waals surface area contributed by atoms with Crippen molar-refractivity contribution in [1.29, 1.82) is 0 Å². The van der Waals surface area contributed by atoms with Gasteiger partial charge in [0.25, 0.3) is 0 Å². The zero-order valence-corrected chi connectivity index (χ0v) is 18.9. The summed E-state index contributed by atoms with van der Waals surface area (Å²) in [4.78, 5) is 18.0. The van der Waals surface area contributed by atoms with Crippen LogP contribution in [0.15, 0.2) is 85.1 Å². The van der Waals surface area contributed by atoms with Crippen LogP contribution in [0.5, 0.6) is 0 Å². The third kappa shape index (κ3) is 5.04. The topological polar surface area (TPSA) is 48.1 Å². The van der Waals surface area contributed by atoms with Gasteiger partial charge in [0.1, 0.15) is 0 Å². The molecule has 4 aromatic rings. The van der Waals surface area contributed by atoms with Gasteiger partial charge in [0.05, 0.1) is 0 Å². The van der Waals surface area contributed by atoms with Crippen LogP contribution in [-0.4, -0.2) is 31.5 Å². The van der Waals surface area contributed by atoms with Crippen molar-refractivity contribution in [3.8, 4) is 0 Å². The summed E-state index contributed by atoms with van der Waals surface area (Å²) in [5.74, 6) is -0.107.